The summed E-state index contributed by atoms with van der Waals surface area (Å²) in [6.45, 7) is 9.44. The van der Waals surface area contributed by atoms with Crippen LogP contribution >= 0.6 is 0 Å². The molecule has 1 aliphatic heterocycles. The summed E-state index contributed by atoms with van der Waals surface area (Å²) < 4.78 is 0. The molecule has 0 spiro atoms. The van der Waals surface area contributed by atoms with Gasteiger partial charge in [-0.25, -0.2) is 0 Å². The van der Waals surface area contributed by atoms with Crippen molar-refractivity contribution in [3.63, 3.8) is 0 Å². The zero-order valence-electron chi connectivity index (χ0n) is 23.3. The van der Waals surface area contributed by atoms with E-state index in [2.05, 4.69) is 43.0 Å². The summed E-state index contributed by atoms with van der Waals surface area (Å²) in [4.78, 5) is 5.32. The van der Waals surface area contributed by atoms with Crippen molar-refractivity contribution in [3.05, 3.63) is 12.4 Å². The van der Waals surface area contributed by atoms with E-state index in [-0.39, 0.29) is 0 Å². The first-order valence-electron chi connectivity index (χ1n) is 15.5. The van der Waals surface area contributed by atoms with E-state index in [9.17, 15) is 0 Å². The van der Waals surface area contributed by atoms with Crippen molar-refractivity contribution in [1.82, 2.24) is 9.80 Å². The fourth-order valence-corrected chi connectivity index (χ4v) is 5.30. The highest BCUT2D eigenvalue weighted by molar-refractivity contribution is 4.96. The van der Waals surface area contributed by atoms with Crippen molar-refractivity contribution >= 4 is 0 Å². The highest BCUT2D eigenvalue weighted by atomic mass is 15.4. The molecule has 0 aliphatic carbocycles. The van der Waals surface area contributed by atoms with Crippen LogP contribution in [0.25, 0.3) is 0 Å². The lowest BCUT2D eigenvalue weighted by atomic mass is 10.0. The fourth-order valence-electron chi connectivity index (χ4n) is 5.30. The van der Waals surface area contributed by atoms with Gasteiger partial charge in [0.1, 0.15) is 6.17 Å². The third-order valence-electron chi connectivity index (χ3n) is 7.57. The number of nitrogens with zero attached hydrogens (tertiary/aromatic N) is 2. The van der Waals surface area contributed by atoms with Gasteiger partial charge in [0.05, 0.1) is 0 Å². The Labute approximate surface area is 210 Å². The predicted octanol–water partition coefficient (Wildman–Crippen LogP) is 10.4. The van der Waals surface area contributed by atoms with E-state index in [1.54, 1.807) is 0 Å². The van der Waals surface area contributed by atoms with Gasteiger partial charge in [-0.3, -0.25) is 0 Å². The first-order valence-corrected chi connectivity index (χ1v) is 15.5. The molecule has 0 N–H and O–H groups in total. The molecule has 0 aromatic carbocycles. The average Bonchev–Trinajstić information content (AvgIpc) is 3.20. The zero-order chi connectivity index (χ0) is 23.8. The summed E-state index contributed by atoms with van der Waals surface area (Å²) in [5.41, 5.74) is 0. The standard InChI is InChI=1S/C31H62N2/c1-4-7-10-12-13-14-15-16-17-18-19-20-21-23-26-31-32(27-24-9-6-3)29-30-33(31)28-25-22-11-8-5-2/h29-31H,4-28H2,1-3H3. The van der Waals surface area contributed by atoms with Crippen LogP contribution < -0.4 is 0 Å². The minimum Gasteiger partial charge on any atom is -0.356 e. The Bertz CT molecular complexity index is 419. The zero-order valence-corrected chi connectivity index (χ0v) is 23.3. The predicted molar refractivity (Wildman–Crippen MR) is 150 cm³/mol. The van der Waals surface area contributed by atoms with E-state index >= 15 is 0 Å². The second-order valence-electron chi connectivity index (χ2n) is 10.8. The van der Waals surface area contributed by atoms with Crippen molar-refractivity contribution in [2.75, 3.05) is 13.1 Å². The van der Waals surface area contributed by atoms with Gasteiger partial charge < -0.3 is 9.80 Å². The smallest absolute Gasteiger partial charge is 0.101 e. The Kier molecular flexibility index (Phi) is 21.3. The monoisotopic (exact) mass is 462 g/mol. The topological polar surface area (TPSA) is 6.48 Å². The molecule has 2 nitrogen and oxygen atoms in total. The van der Waals surface area contributed by atoms with E-state index in [4.69, 9.17) is 0 Å². The van der Waals surface area contributed by atoms with Crippen LogP contribution in [0.5, 0.6) is 0 Å². The van der Waals surface area contributed by atoms with Gasteiger partial charge in [0.25, 0.3) is 0 Å². The van der Waals surface area contributed by atoms with E-state index in [0.717, 1.165) is 0 Å². The Balaban J connectivity index is 2.09. The van der Waals surface area contributed by atoms with Crippen molar-refractivity contribution < 1.29 is 0 Å². The number of hydrogen-bond acceptors (Lipinski definition) is 2. The second-order valence-corrected chi connectivity index (χ2v) is 10.8. The molecule has 1 heterocycles. The molecule has 1 atom stereocenters. The molecule has 0 saturated carbocycles. The molecule has 196 valence electrons. The van der Waals surface area contributed by atoms with Gasteiger partial charge in [-0.15, -0.1) is 0 Å². The minimum atomic E-state index is 0.644. The lowest BCUT2D eigenvalue weighted by molar-refractivity contribution is 0.135. The Hall–Kier alpha value is -0.660. The summed E-state index contributed by atoms with van der Waals surface area (Å²) in [6.07, 6.45) is 38.1. The van der Waals surface area contributed by atoms with Crippen LogP contribution in [0.3, 0.4) is 0 Å². The van der Waals surface area contributed by atoms with Crippen LogP contribution in [0.4, 0.5) is 0 Å². The maximum absolute atomic E-state index is 2.67. The summed E-state index contributed by atoms with van der Waals surface area (Å²) in [7, 11) is 0. The summed E-state index contributed by atoms with van der Waals surface area (Å²) in [6, 6.07) is 0. The quantitative estimate of drug-likeness (QED) is 0.124. The van der Waals surface area contributed by atoms with Crippen LogP contribution in [0.2, 0.25) is 0 Å². The maximum Gasteiger partial charge on any atom is 0.101 e. The Morgan fingerprint density at radius 3 is 1.12 bits per heavy atom. The van der Waals surface area contributed by atoms with E-state index in [0.29, 0.717) is 6.17 Å². The first-order chi connectivity index (χ1) is 16.3. The van der Waals surface area contributed by atoms with Crippen molar-refractivity contribution in [3.8, 4) is 0 Å². The second kappa shape index (κ2) is 23.1. The van der Waals surface area contributed by atoms with Crippen molar-refractivity contribution in [1.29, 1.82) is 0 Å². The maximum atomic E-state index is 2.67. The Morgan fingerprint density at radius 1 is 0.394 bits per heavy atom. The summed E-state index contributed by atoms with van der Waals surface area (Å²) >= 11 is 0. The molecular weight excluding hydrogens is 400 g/mol. The van der Waals surface area contributed by atoms with Gasteiger partial charge in [-0.05, 0) is 25.7 Å². The van der Waals surface area contributed by atoms with E-state index < -0.39 is 0 Å². The first kappa shape index (κ1) is 30.4. The third-order valence-corrected chi connectivity index (χ3v) is 7.57. The molecule has 33 heavy (non-hydrogen) atoms. The van der Waals surface area contributed by atoms with E-state index in [1.807, 2.05) is 0 Å². The van der Waals surface area contributed by atoms with Gasteiger partial charge in [0, 0.05) is 25.5 Å². The van der Waals surface area contributed by atoms with Gasteiger partial charge >= 0.3 is 0 Å². The highest BCUT2D eigenvalue weighted by Crippen LogP contribution is 2.23. The summed E-state index contributed by atoms with van der Waals surface area (Å²) in [5.74, 6) is 0. The molecule has 1 unspecified atom stereocenters. The SMILES string of the molecule is CCCCCCCCCCCCCCCCC1N(CCCCC)C=CN1CCCCCCC. The molecule has 0 aromatic heterocycles. The van der Waals surface area contributed by atoms with Crippen LogP contribution in [0.15, 0.2) is 12.4 Å². The summed E-state index contributed by atoms with van der Waals surface area (Å²) in [5, 5.41) is 0. The van der Waals surface area contributed by atoms with Gasteiger partial charge in [-0.1, -0.05) is 143 Å². The third kappa shape index (κ3) is 16.6. The molecular formula is C31H62N2. The molecule has 0 aromatic rings. The van der Waals surface area contributed by atoms with Crippen molar-refractivity contribution in [2.24, 2.45) is 0 Å². The van der Waals surface area contributed by atoms with E-state index in [1.165, 1.54) is 161 Å². The minimum absolute atomic E-state index is 0.644. The average molecular weight is 463 g/mol. The molecule has 1 rings (SSSR count). The largest absolute Gasteiger partial charge is 0.356 e. The molecule has 0 fully saturated rings. The van der Waals surface area contributed by atoms with Crippen LogP contribution in [-0.2, 0) is 0 Å². The number of hydrogen-bond donors (Lipinski definition) is 0. The lowest BCUT2D eigenvalue weighted by Gasteiger charge is -2.33. The van der Waals surface area contributed by atoms with Crippen LogP contribution in [0.1, 0.15) is 168 Å². The lowest BCUT2D eigenvalue weighted by Crippen LogP contribution is -2.39. The van der Waals surface area contributed by atoms with Crippen LogP contribution in [-0.4, -0.2) is 29.1 Å². The molecule has 2 heteroatoms. The fraction of sp³-hybridized carbons (Fsp3) is 0.935. The Morgan fingerprint density at radius 2 is 0.697 bits per heavy atom. The normalized spacial score (nSPS) is 15.8. The number of unbranched alkanes of at least 4 members (excludes halogenated alkanes) is 19. The highest BCUT2D eigenvalue weighted by Gasteiger charge is 2.24. The molecule has 0 radical (unpaired) electrons. The molecule has 0 amide bonds. The van der Waals surface area contributed by atoms with Gasteiger partial charge in [0.15, 0.2) is 0 Å². The molecule has 1 aliphatic rings. The van der Waals surface area contributed by atoms with Crippen molar-refractivity contribution in [2.45, 2.75) is 175 Å². The molecule has 0 bridgehead atoms. The number of rotatable bonds is 25. The van der Waals surface area contributed by atoms with Gasteiger partial charge in [-0.2, -0.15) is 0 Å². The van der Waals surface area contributed by atoms with Gasteiger partial charge in [0.2, 0.25) is 0 Å². The molecule has 0 saturated heterocycles. The van der Waals surface area contributed by atoms with Crippen LogP contribution in [0, 0.1) is 0 Å².